The SMILES string of the molecule is FC(F)(F)c1nc(Nc2ccc3cccc(Cl)c3n2)n[nH]1. The van der Waals surface area contributed by atoms with Gasteiger partial charge in [-0.25, -0.2) is 4.98 Å². The van der Waals surface area contributed by atoms with Crippen LogP contribution in [0.4, 0.5) is 24.9 Å². The van der Waals surface area contributed by atoms with Gasteiger partial charge >= 0.3 is 6.18 Å². The minimum Gasteiger partial charge on any atom is -0.307 e. The number of anilines is 2. The number of hydrogen-bond donors (Lipinski definition) is 2. The second-order valence-corrected chi connectivity index (χ2v) is 4.55. The molecule has 3 aromatic rings. The number of rotatable bonds is 2. The maximum Gasteiger partial charge on any atom is 0.451 e. The van der Waals surface area contributed by atoms with Gasteiger partial charge in [-0.15, -0.1) is 5.10 Å². The standard InChI is InChI=1S/C12H7ClF3N5/c13-7-3-1-2-6-4-5-8(17-9(6)7)18-11-19-10(20-21-11)12(14,15)16/h1-5H,(H2,17,18,19,20,21). The van der Waals surface area contributed by atoms with Gasteiger partial charge in [0.05, 0.1) is 10.5 Å². The van der Waals surface area contributed by atoms with Crippen LogP contribution in [0.1, 0.15) is 5.82 Å². The molecule has 0 aliphatic rings. The van der Waals surface area contributed by atoms with Crippen molar-refractivity contribution in [3.05, 3.63) is 41.2 Å². The maximum absolute atomic E-state index is 12.4. The summed E-state index contributed by atoms with van der Waals surface area (Å²) in [5, 5.41) is 9.11. The summed E-state index contributed by atoms with van der Waals surface area (Å²) in [7, 11) is 0. The zero-order valence-electron chi connectivity index (χ0n) is 10.2. The quantitative estimate of drug-likeness (QED) is 0.756. The Morgan fingerprint density at radius 2 is 1.90 bits per heavy atom. The Balaban J connectivity index is 1.91. The molecule has 0 saturated heterocycles. The molecule has 0 unspecified atom stereocenters. The van der Waals surface area contributed by atoms with Crippen LogP contribution in [0.15, 0.2) is 30.3 Å². The first-order chi connectivity index (χ1) is 9.93. The van der Waals surface area contributed by atoms with E-state index in [4.69, 9.17) is 11.6 Å². The molecular formula is C12H7ClF3N5. The van der Waals surface area contributed by atoms with Crippen molar-refractivity contribution in [3.8, 4) is 0 Å². The van der Waals surface area contributed by atoms with E-state index in [1.807, 2.05) is 11.2 Å². The van der Waals surface area contributed by atoms with E-state index in [9.17, 15) is 13.2 Å². The first-order valence-electron chi connectivity index (χ1n) is 5.75. The number of para-hydroxylation sites is 1. The first kappa shape index (κ1) is 13.6. The molecule has 0 aliphatic heterocycles. The summed E-state index contributed by atoms with van der Waals surface area (Å²) >= 11 is 6.02. The van der Waals surface area contributed by atoms with Crippen LogP contribution in [-0.4, -0.2) is 20.2 Å². The maximum atomic E-state index is 12.4. The van der Waals surface area contributed by atoms with Gasteiger partial charge in [-0.2, -0.15) is 18.2 Å². The molecule has 0 amide bonds. The molecular weight excluding hydrogens is 307 g/mol. The van der Waals surface area contributed by atoms with Gasteiger partial charge in [-0.1, -0.05) is 23.7 Å². The molecule has 9 heteroatoms. The lowest BCUT2D eigenvalue weighted by Crippen LogP contribution is -2.07. The minimum atomic E-state index is -4.58. The van der Waals surface area contributed by atoms with Crippen molar-refractivity contribution in [1.29, 1.82) is 0 Å². The zero-order chi connectivity index (χ0) is 15.0. The number of halogens is 4. The second-order valence-electron chi connectivity index (χ2n) is 4.14. The van der Waals surface area contributed by atoms with Gasteiger partial charge in [-0.05, 0) is 18.2 Å². The number of fused-ring (bicyclic) bond motifs is 1. The lowest BCUT2D eigenvalue weighted by atomic mass is 10.2. The van der Waals surface area contributed by atoms with Crippen molar-refractivity contribution in [2.24, 2.45) is 0 Å². The van der Waals surface area contributed by atoms with Gasteiger partial charge in [0, 0.05) is 5.39 Å². The highest BCUT2D eigenvalue weighted by Gasteiger charge is 2.35. The highest BCUT2D eigenvalue weighted by atomic mass is 35.5. The molecule has 108 valence electrons. The topological polar surface area (TPSA) is 66.5 Å². The fourth-order valence-corrected chi connectivity index (χ4v) is 1.96. The molecule has 0 aliphatic carbocycles. The normalized spacial score (nSPS) is 11.8. The summed E-state index contributed by atoms with van der Waals surface area (Å²) in [5.41, 5.74) is 0.538. The monoisotopic (exact) mass is 313 g/mol. The van der Waals surface area contributed by atoms with E-state index in [0.29, 0.717) is 16.4 Å². The van der Waals surface area contributed by atoms with Crippen LogP contribution in [0.5, 0.6) is 0 Å². The molecule has 0 atom stereocenters. The Hall–Kier alpha value is -2.35. The number of aromatic nitrogens is 4. The van der Waals surface area contributed by atoms with Gasteiger partial charge in [-0.3, -0.25) is 5.10 Å². The Kier molecular flexibility index (Phi) is 3.17. The highest BCUT2D eigenvalue weighted by Crippen LogP contribution is 2.27. The van der Waals surface area contributed by atoms with Crippen LogP contribution in [0.2, 0.25) is 5.02 Å². The van der Waals surface area contributed by atoms with Crippen molar-refractivity contribution >= 4 is 34.3 Å². The molecule has 2 aromatic heterocycles. The molecule has 21 heavy (non-hydrogen) atoms. The number of aromatic amines is 1. The third-order valence-electron chi connectivity index (χ3n) is 2.66. The zero-order valence-corrected chi connectivity index (χ0v) is 11.0. The van der Waals surface area contributed by atoms with E-state index in [0.717, 1.165) is 5.39 Å². The fraction of sp³-hybridized carbons (Fsp3) is 0.0833. The summed E-state index contributed by atoms with van der Waals surface area (Å²) in [6.45, 7) is 0. The fourth-order valence-electron chi connectivity index (χ4n) is 1.74. The largest absolute Gasteiger partial charge is 0.451 e. The molecule has 0 bridgehead atoms. The summed E-state index contributed by atoms with van der Waals surface area (Å²) in [6, 6.07) is 8.63. The van der Waals surface area contributed by atoms with E-state index in [-0.39, 0.29) is 5.95 Å². The molecule has 0 spiro atoms. The van der Waals surface area contributed by atoms with Gasteiger partial charge in [0.25, 0.3) is 0 Å². The predicted octanol–water partition coefficient (Wildman–Crippen LogP) is 3.77. The third-order valence-corrected chi connectivity index (χ3v) is 2.97. The smallest absolute Gasteiger partial charge is 0.307 e. The van der Waals surface area contributed by atoms with Gasteiger partial charge < -0.3 is 5.32 Å². The molecule has 3 rings (SSSR count). The van der Waals surface area contributed by atoms with Crippen LogP contribution in [0.3, 0.4) is 0 Å². The average Bonchev–Trinajstić information content (AvgIpc) is 2.88. The van der Waals surface area contributed by atoms with Crippen molar-refractivity contribution in [2.45, 2.75) is 6.18 Å². The number of hydrogen-bond acceptors (Lipinski definition) is 4. The number of pyridine rings is 1. The summed E-state index contributed by atoms with van der Waals surface area (Å²) < 4.78 is 37.2. The Bertz CT molecular complexity index is 799. The summed E-state index contributed by atoms with van der Waals surface area (Å²) in [5.74, 6) is -1.10. The van der Waals surface area contributed by atoms with Gasteiger partial charge in [0.2, 0.25) is 11.8 Å². The molecule has 1 aromatic carbocycles. The van der Waals surface area contributed by atoms with Crippen molar-refractivity contribution in [3.63, 3.8) is 0 Å². The molecule has 2 heterocycles. The van der Waals surface area contributed by atoms with E-state index < -0.39 is 12.0 Å². The van der Waals surface area contributed by atoms with Crippen molar-refractivity contribution in [1.82, 2.24) is 20.2 Å². The minimum absolute atomic E-state index is 0.221. The van der Waals surface area contributed by atoms with E-state index in [2.05, 4.69) is 20.4 Å². The first-order valence-corrected chi connectivity index (χ1v) is 6.13. The molecule has 0 radical (unpaired) electrons. The number of nitrogens with zero attached hydrogens (tertiary/aromatic N) is 3. The molecule has 5 nitrogen and oxygen atoms in total. The number of alkyl halides is 3. The third kappa shape index (κ3) is 2.75. The lowest BCUT2D eigenvalue weighted by molar-refractivity contribution is -0.144. The molecule has 0 fully saturated rings. The van der Waals surface area contributed by atoms with Crippen LogP contribution in [0.25, 0.3) is 10.9 Å². The predicted molar refractivity (Wildman–Crippen MR) is 71.4 cm³/mol. The number of H-pyrrole nitrogens is 1. The Labute approximate surface area is 121 Å². The van der Waals surface area contributed by atoms with E-state index in [1.54, 1.807) is 24.3 Å². The summed E-state index contributed by atoms with van der Waals surface area (Å²) in [4.78, 5) is 7.53. The summed E-state index contributed by atoms with van der Waals surface area (Å²) in [6.07, 6.45) is -4.58. The van der Waals surface area contributed by atoms with Gasteiger partial charge in [0.1, 0.15) is 5.82 Å². The van der Waals surface area contributed by atoms with Gasteiger partial charge in [0.15, 0.2) is 0 Å². The van der Waals surface area contributed by atoms with Crippen LogP contribution in [0, 0.1) is 0 Å². The second kappa shape index (κ2) is 4.88. The van der Waals surface area contributed by atoms with Crippen LogP contribution in [-0.2, 0) is 6.18 Å². The average molecular weight is 314 g/mol. The molecule has 2 N–H and O–H groups in total. The molecule has 0 saturated carbocycles. The Morgan fingerprint density at radius 3 is 2.62 bits per heavy atom. The van der Waals surface area contributed by atoms with E-state index in [1.165, 1.54) is 0 Å². The highest BCUT2D eigenvalue weighted by molar-refractivity contribution is 6.35. The lowest BCUT2D eigenvalue weighted by Gasteiger charge is -2.04. The van der Waals surface area contributed by atoms with Crippen LogP contribution >= 0.6 is 11.6 Å². The number of nitrogens with one attached hydrogen (secondary N) is 2. The number of benzene rings is 1. The van der Waals surface area contributed by atoms with E-state index >= 15 is 0 Å². The van der Waals surface area contributed by atoms with Crippen molar-refractivity contribution < 1.29 is 13.2 Å². The van der Waals surface area contributed by atoms with Crippen LogP contribution < -0.4 is 5.32 Å². The Morgan fingerprint density at radius 1 is 1.10 bits per heavy atom. The van der Waals surface area contributed by atoms with Crippen molar-refractivity contribution in [2.75, 3.05) is 5.32 Å².